The molecule has 0 aromatic carbocycles. The van der Waals surface area contributed by atoms with Crippen molar-refractivity contribution in [2.24, 2.45) is 34.0 Å². The average Bonchev–Trinajstić information content (AvgIpc) is 2.79. The van der Waals surface area contributed by atoms with Crippen molar-refractivity contribution in [1.82, 2.24) is 10.2 Å². The molecule has 4 rings (SSSR count). The molecule has 0 aromatic rings. The van der Waals surface area contributed by atoms with Gasteiger partial charge in [0, 0.05) is 18.0 Å². The topological polar surface area (TPSA) is 35.5 Å². The summed E-state index contributed by atoms with van der Waals surface area (Å²) >= 11 is 0. The zero-order valence-electron chi connectivity index (χ0n) is 20.8. The van der Waals surface area contributed by atoms with Gasteiger partial charge in [-0.1, -0.05) is 51.0 Å². The van der Waals surface area contributed by atoms with Crippen LogP contribution in [0.15, 0.2) is 23.3 Å². The highest BCUT2D eigenvalue weighted by Gasteiger charge is 2.64. The van der Waals surface area contributed by atoms with E-state index in [0.717, 1.165) is 19.3 Å². The Balaban J connectivity index is 1.69. The number of rotatable bonds is 3. The maximum atomic E-state index is 11.3. The van der Waals surface area contributed by atoms with Crippen LogP contribution in [0.4, 0.5) is 0 Å². The van der Waals surface area contributed by atoms with Gasteiger partial charge in [-0.3, -0.25) is 0 Å². The molecule has 0 bridgehead atoms. The number of nitrogens with zero attached hydrogens (tertiary/aromatic N) is 1. The van der Waals surface area contributed by atoms with E-state index in [2.05, 4.69) is 78.1 Å². The van der Waals surface area contributed by atoms with Crippen molar-refractivity contribution in [1.29, 1.82) is 0 Å². The fourth-order valence-electron chi connectivity index (χ4n) is 8.53. The van der Waals surface area contributed by atoms with Crippen molar-refractivity contribution in [2.45, 2.75) is 91.3 Å². The van der Waals surface area contributed by atoms with Crippen LogP contribution in [0.2, 0.25) is 0 Å². The van der Waals surface area contributed by atoms with Gasteiger partial charge in [-0.2, -0.15) is 0 Å². The minimum Gasteiger partial charge on any atom is -0.393 e. The molecule has 2 saturated carbocycles. The molecule has 0 radical (unpaired) electrons. The number of fused-ring (bicyclic) bond motifs is 4. The summed E-state index contributed by atoms with van der Waals surface area (Å²) in [5.74, 6) is 1.62. The van der Waals surface area contributed by atoms with E-state index in [1.54, 1.807) is 11.1 Å². The molecule has 0 saturated heterocycles. The highest BCUT2D eigenvalue weighted by atomic mass is 16.3. The lowest BCUT2D eigenvalue weighted by atomic mass is 9.51. The Morgan fingerprint density at radius 1 is 1.03 bits per heavy atom. The summed E-state index contributed by atoms with van der Waals surface area (Å²) in [6.07, 6.45) is 12.0. The fourth-order valence-corrected chi connectivity index (χ4v) is 8.53. The van der Waals surface area contributed by atoms with E-state index >= 15 is 0 Å². The average molecular weight is 415 g/mol. The van der Waals surface area contributed by atoms with Gasteiger partial charge in [0.15, 0.2) is 0 Å². The Kier molecular flexibility index (Phi) is 5.60. The molecular formula is C27H46N2O. The van der Waals surface area contributed by atoms with Gasteiger partial charge in [0.2, 0.25) is 0 Å². The molecule has 3 heteroatoms. The quantitative estimate of drug-likeness (QED) is 0.637. The third kappa shape index (κ3) is 3.02. The lowest BCUT2D eigenvalue weighted by molar-refractivity contribution is -0.0235. The Morgan fingerprint density at radius 3 is 2.30 bits per heavy atom. The summed E-state index contributed by atoms with van der Waals surface area (Å²) in [7, 11) is 6.47. The second-order valence-electron chi connectivity index (χ2n) is 12.4. The second kappa shape index (κ2) is 7.46. The number of hydrogen-bond donors (Lipinski definition) is 2. The minimum absolute atomic E-state index is 0.164. The lowest BCUT2D eigenvalue weighted by Crippen LogP contribution is -2.50. The number of hydrogen-bond acceptors (Lipinski definition) is 3. The summed E-state index contributed by atoms with van der Waals surface area (Å²) in [5, 5.41) is 14.9. The van der Waals surface area contributed by atoms with E-state index in [-0.39, 0.29) is 16.9 Å². The van der Waals surface area contributed by atoms with Crippen molar-refractivity contribution in [3.05, 3.63) is 23.3 Å². The van der Waals surface area contributed by atoms with E-state index < -0.39 is 0 Å². The molecular weight excluding hydrogens is 368 g/mol. The first kappa shape index (κ1) is 22.6. The van der Waals surface area contributed by atoms with Crippen molar-refractivity contribution in [3.8, 4) is 0 Å². The second-order valence-corrected chi connectivity index (χ2v) is 12.4. The normalized spacial score (nSPS) is 46.3. The van der Waals surface area contributed by atoms with Crippen LogP contribution in [0.1, 0.15) is 73.1 Å². The van der Waals surface area contributed by atoms with E-state index in [4.69, 9.17) is 0 Å². The first-order valence-corrected chi connectivity index (χ1v) is 12.4. The zero-order chi connectivity index (χ0) is 22.1. The number of allylic oxidation sites excluding steroid dienone is 3. The van der Waals surface area contributed by atoms with Gasteiger partial charge < -0.3 is 15.3 Å². The SMILES string of the molecule is CNC1CC=C2CC3=CCC4(C)C(C(C)N(C)C)C(O)CC4(C)C3CCC2C1(C)C. The summed E-state index contributed by atoms with van der Waals surface area (Å²) in [6, 6.07) is 0.966. The van der Waals surface area contributed by atoms with Crippen LogP contribution in [-0.2, 0) is 0 Å². The van der Waals surface area contributed by atoms with Crippen molar-refractivity contribution >= 4 is 0 Å². The molecule has 8 atom stereocenters. The molecule has 0 heterocycles. The fraction of sp³-hybridized carbons (Fsp3) is 0.852. The van der Waals surface area contributed by atoms with E-state index in [1.807, 2.05) is 0 Å². The molecule has 0 aromatic heterocycles. The van der Waals surface area contributed by atoms with Gasteiger partial charge >= 0.3 is 0 Å². The van der Waals surface area contributed by atoms with Gasteiger partial charge in [-0.05, 0) is 94.7 Å². The predicted octanol–water partition coefficient (Wildman–Crippen LogP) is 5.02. The smallest absolute Gasteiger partial charge is 0.0594 e. The van der Waals surface area contributed by atoms with Crippen LogP contribution in [-0.4, -0.2) is 49.3 Å². The van der Waals surface area contributed by atoms with E-state index in [9.17, 15) is 5.11 Å². The van der Waals surface area contributed by atoms with Gasteiger partial charge in [0.1, 0.15) is 0 Å². The third-order valence-electron chi connectivity index (χ3n) is 10.8. The summed E-state index contributed by atoms with van der Waals surface area (Å²) in [5.41, 5.74) is 4.04. The van der Waals surface area contributed by atoms with Crippen molar-refractivity contribution in [3.63, 3.8) is 0 Å². The first-order chi connectivity index (χ1) is 14.0. The number of aliphatic hydroxyl groups excluding tert-OH is 1. The first-order valence-electron chi connectivity index (χ1n) is 12.4. The Bertz CT molecular complexity index is 737. The lowest BCUT2D eigenvalue weighted by Gasteiger charge is -2.54. The summed E-state index contributed by atoms with van der Waals surface area (Å²) in [4.78, 5) is 2.32. The van der Waals surface area contributed by atoms with Gasteiger partial charge in [-0.15, -0.1) is 0 Å². The monoisotopic (exact) mass is 414 g/mol. The van der Waals surface area contributed by atoms with Crippen LogP contribution >= 0.6 is 0 Å². The largest absolute Gasteiger partial charge is 0.393 e. The van der Waals surface area contributed by atoms with Gasteiger partial charge in [0.05, 0.1) is 6.10 Å². The highest BCUT2D eigenvalue weighted by Crippen LogP contribution is 2.68. The Hall–Kier alpha value is -0.640. The van der Waals surface area contributed by atoms with Crippen molar-refractivity contribution < 1.29 is 5.11 Å². The van der Waals surface area contributed by atoms with Crippen molar-refractivity contribution in [2.75, 3.05) is 21.1 Å². The van der Waals surface area contributed by atoms with Crippen LogP contribution in [0.5, 0.6) is 0 Å². The highest BCUT2D eigenvalue weighted by molar-refractivity contribution is 5.33. The summed E-state index contributed by atoms with van der Waals surface area (Å²) < 4.78 is 0. The van der Waals surface area contributed by atoms with Gasteiger partial charge in [-0.25, -0.2) is 0 Å². The standard InChI is InChI=1S/C27H46N2O/c1-17(29(7)8)24-22(30)16-27(5)21-11-10-20-18(9-12-23(28-6)25(20,2)3)15-19(21)13-14-26(24,27)4/h9,13,17,20-24,28,30H,10-12,14-16H2,1-8H3. The number of nitrogens with one attached hydrogen (secondary N) is 1. The molecule has 0 aliphatic heterocycles. The minimum atomic E-state index is -0.194. The Labute approximate surface area is 185 Å². The van der Waals surface area contributed by atoms with Crippen LogP contribution < -0.4 is 5.32 Å². The Morgan fingerprint density at radius 2 is 1.67 bits per heavy atom. The molecule has 4 aliphatic carbocycles. The predicted molar refractivity (Wildman–Crippen MR) is 126 cm³/mol. The molecule has 3 nitrogen and oxygen atoms in total. The van der Waals surface area contributed by atoms with Crippen LogP contribution in [0.3, 0.4) is 0 Å². The zero-order valence-corrected chi connectivity index (χ0v) is 20.8. The molecule has 2 N–H and O–H groups in total. The molecule has 8 unspecified atom stereocenters. The molecule has 2 fully saturated rings. The van der Waals surface area contributed by atoms with Crippen LogP contribution in [0.25, 0.3) is 0 Å². The molecule has 170 valence electrons. The maximum Gasteiger partial charge on any atom is 0.0594 e. The molecule has 4 aliphatic rings. The van der Waals surface area contributed by atoms with E-state index in [0.29, 0.717) is 35.3 Å². The molecule has 0 amide bonds. The molecule has 0 spiro atoms. The third-order valence-corrected chi connectivity index (χ3v) is 10.8. The number of aliphatic hydroxyl groups is 1. The van der Waals surface area contributed by atoms with Gasteiger partial charge in [0.25, 0.3) is 0 Å². The summed E-state index contributed by atoms with van der Waals surface area (Å²) in [6.45, 7) is 12.3. The van der Waals surface area contributed by atoms with Crippen LogP contribution in [0, 0.1) is 34.0 Å². The van der Waals surface area contributed by atoms with E-state index in [1.165, 1.54) is 19.3 Å². The maximum absolute atomic E-state index is 11.3. The molecule has 30 heavy (non-hydrogen) atoms.